The van der Waals surface area contributed by atoms with E-state index in [9.17, 15) is 5.11 Å². The molecule has 0 spiro atoms. The summed E-state index contributed by atoms with van der Waals surface area (Å²) in [4.78, 5) is 5.78. The third kappa shape index (κ3) is 3.58. The van der Waals surface area contributed by atoms with Gasteiger partial charge in [0.2, 0.25) is 0 Å². The monoisotopic (exact) mass is 399 g/mol. The van der Waals surface area contributed by atoms with Crippen LogP contribution in [0.1, 0.15) is 16.7 Å². The Balaban J connectivity index is 1.37. The van der Waals surface area contributed by atoms with Gasteiger partial charge in [-0.2, -0.15) is 5.10 Å². The molecule has 5 rings (SSSR count). The number of phenols is 1. The van der Waals surface area contributed by atoms with Crippen LogP contribution >= 0.6 is 0 Å². The molecule has 0 saturated carbocycles. The van der Waals surface area contributed by atoms with E-state index < -0.39 is 0 Å². The van der Waals surface area contributed by atoms with E-state index in [2.05, 4.69) is 34.5 Å². The highest BCUT2D eigenvalue weighted by Crippen LogP contribution is 2.36. The number of hydrogen-bond acceptors (Lipinski definition) is 6. The van der Waals surface area contributed by atoms with Crippen LogP contribution < -0.4 is 4.84 Å². The van der Waals surface area contributed by atoms with Crippen LogP contribution in [0, 0.1) is 0 Å². The molecule has 0 atom stereocenters. The molecule has 3 aromatic rings. The van der Waals surface area contributed by atoms with Gasteiger partial charge in [0.15, 0.2) is 5.75 Å². The van der Waals surface area contributed by atoms with E-state index >= 15 is 0 Å². The minimum atomic E-state index is 0.0944. The summed E-state index contributed by atoms with van der Waals surface area (Å²) in [7, 11) is 0. The highest BCUT2D eigenvalue weighted by atomic mass is 16.7. The SMILES string of the molecule is Oc1cc(ON2CCOCC2)ccc1/C=N/N=C1c2ccccc2-c2ccccc21. The topological polar surface area (TPSA) is 66.7 Å². The fourth-order valence-electron chi connectivity index (χ4n) is 3.73. The predicted molar refractivity (Wildman–Crippen MR) is 116 cm³/mol. The Hall–Kier alpha value is -3.48. The molecule has 1 aliphatic heterocycles. The molecular formula is C24H21N3O3. The minimum Gasteiger partial charge on any atom is -0.507 e. The Bertz CT molecular complexity index is 1090. The van der Waals surface area contributed by atoms with Crippen LogP contribution in [-0.4, -0.2) is 48.4 Å². The number of rotatable bonds is 4. The molecule has 1 fully saturated rings. The second kappa shape index (κ2) is 8.10. The standard InChI is InChI=1S/C24H21N3O3/c28-23-15-18(30-27-11-13-29-14-12-27)10-9-17(23)16-25-26-24-21-7-3-1-5-19(21)20-6-2-4-8-22(20)24/h1-10,15-16,28H,11-14H2/b25-16+. The zero-order valence-corrected chi connectivity index (χ0v) is 16.4. The van der Waals surface area contributed by atoms with E-state index in [0.717, 1.165) is 28.0 Å². The normalized spacial score (nSPS) is 15.8. The summed E-state index contributed by atoms with van der Waals surface area (Å²) in [6.45, 7) is 2.68. The average Bonchev–Trinajstić information content (AvgIpc) is 3.10. The van der Waals surface area contributed by atoms with Crippen LogP contribution in [0.25, 0.3) is 11.1 Å². The van der Waals surface area contributed by atoms with Crippen LogP contribution in [0.5, 0.6) is 11.5 Å². The molecule has 6 nitrogen and oxygen atoms in total. The van der Waals surface area contributed by atoms with Gasteiger partial charge >= 0.3 is 0 Å². The van der Waals surface area contributed by atoms with Gasteiger partial charge in [0, 0.05) is 22.8 Å². The molecule has 0 amide bonds. The first-order valence-corrected chi connectivity index (χ1v) is 9.93. The van der Waals surface area contributed by atoms with Crippen LogP contribution in [0.3, 0.4) is 0 Å². The van der Waals surface area contributed by atoms with Gasteiger partial charge in [0.1, 0.15) is 11.5 Å². The van der Waals surface area contributed by atoms with Gasteiger partial charge in [0.05, 0.1) is 32.5 Å². The summed E-state index contributed by atoms with van der Waals surface area (Å²) in [5, 5.41) is 20.9. The second-order valence-corrected chi connectivity index (χ2v) is 7.14. The van der Waals surface area contributed by atoms with Gasteiger partial charge in [-0.25, -0.2) is 0 Å². The smallest absolute Gasteiger partial charge is 0.151 e. The van der Waals surface area contributed by atoms with Gasteiger partial charge in [-0.3, -0.25) is 0 Å². The van der Waals surface area contributed by atoms with Crippen molar-refractivity contribution in [2.75, 3.05) is 26.3 Å². The first-order chi connectivity index (χ1) is 14.8. The summed E-state index contributed by atoms with van der Waals surface area (Å²) in [5.74, 6) is 0.674. The van der Waals surface area contributed by atoms with Crippen molar-refractivity contribution < 1.29 is 14.7 Å². The van der Waals surface area contributed by atoms with Crippen molar-refractivity contribution in [2.24, 2.45) is 10.2 Å². The van der Waals surface area contributed by atoms with E-state index in [0.29, 0.717) is 37.6 Å². The van der Waals surface area contributed by atoms with E-state index in [1.54, 1.807) is 18.3 Å². The van der Waals surface area contributed by atoms with Crippen LogP contribution in [0.4, 0.5) is 0 Å². The molecule has 1 saturated heterocycles. The number of hydroxylamine groups is 2. The van der Waals surface area contributed by atoms with Crippen molar-refractivity contribution in [3.05, 3.63) is 83.4 Å². The lowest BCUT2D eigenvalue weighted by Gasteiger charge is -2.26. The number of aromatic hydroxyl groups is 1. The summed E-state index contributed by atoms with van der Waals surface area (Å²) >= 11 is 0. The Morgan fingerprint density at radius 3 is 2.13 bits per heavy atom. The van der Waals surface area contributed by atoms with E-state index in [1.165, 1.54) is 0 Å². The molecule has 1 heterocycles. The van der Waals surface area contributed by atoms with Gasteiger partial charge in [0.25, 0.3) is 0 Å². The van der Waals surface area contributed by atoms with Crippen molar-refractivity contribution in [1.82, 2.24) is 5.06 Å². The number of phenolic OH excluding ortho intramolecular Hbond substituents is 1. The highest BCUT2D eigenvalue weighted by Gasteiger charge is 2.23. The molecule has 0 bridgehead atoms. The Morgan fingerprint density at radius 1 is 0.867 bits per heavy atom. The molecule has 3 aromatic carbocycles. The largest absolute Gasteiger partial charge is 0.507 e. The lowest BCUT2D eigenvalue weighted by Crippen LogP contribution is -2.38. The number of hydrogen-bond donors (Lipinski definition) is 1. The van der Waals surface area contributed by atoms with Crippen LogP contribution in [-0.2, 0) is 4.74 Å². The zero-order chi connectivity index (χ0) is 20.3. The molecule has 1 aliphatic carbocycles. The summed E-state index contributed by atoms with van der Waals surface area (Å²) in [6, 6.07) is 21.5. The Kier molecular flexibility index (Phi) is 5.01. The third-order valence-electron chi connectivity index (χ3n) is 5.22. The van der Waals surface area contributed by atoms with E-state index in [1.807, 2.05) is 35.4 Å². The fourth-order valence-corrected chi connectivity index (χ4v) is 3.73. The van der Waals surface area contributed by atoms with Crippen LogP contribution in [0.2, 0.25) is 0 Å². The first kappa shape index (κ1) is 18.5. The molecule has 1 N–H and O–H groups in total. The maximum Gasteiger partial charge on any atom is 0.151 e. The molecule has 0 unspecified atom stereocenters. The maximum atomic E-state index is 10.4. The molecular weight excluding hydrogens is 378 g/mol. The van der Waals surface area contributed by atoms with Gasteiger partial charge in [-0.05, 0) is 23.3 Å². The number of fused-ring (bicyclic) bond motifs is 3. The maximum absolute atomic E-state index is 10.4. The molecule has 2 aliphatic rings. The fraction of sp³-hybridized carbons (Fsp3) is 0.167. The van der Waals surface area contributed by atoms with Gasteiger partial charge < -0.3 is 14.7 Å². The summed E-state index contributed by atoms with van der Waals surface area (Å²) < 4.78 is 5.31. The number of benzene rings is 3. The predicted octanol–water partition coefficient (Wildman–Crippen LogP) is 3.87. The Morgan fingerprint density at radius 2 is 1.50 bits per heavy atom. The van der Waals surface area contributed by atoms with Crippen molar-refractivity contribution in [1.29, 1.82) is 0 Å². The zero-order valence-electron chi connectivity index (χ0n) is 16.4. The lowest BCUT2D eigenvalue weighted by atomic mass is 10.1. The highest BCUT2D eigenvalue weighted by molar-refractivity contribution is 6.24. The van der Waals surface area contributed by atoms with Crippen molar-refractivity contribution in [3.63, 3.8) is 0 Å². The van der Waals surface area contributed by atoms with Gasteiger partial charge in [-0.1, -0.05) is 48.5 Å². The quantitative estimate of drug-likeness (QED) is 0.418. The third-order valence-corrected chi connectivity index (χ3v) is 5.22. The number of ether oxygens (including phenoxy) is 1. The van der Waals surface area contributed by atoms with E-state index in [-0.39, 0.29) is 5.75 Å². The van der Waals surface area contributed by atoms with Crippen molar-refractivity contribution >= 4 is 11.9 Å². The van der Waals surface area contributed by atoms with E-state index in [4.69, 9.17) is 9.57 Å². The molecule has 30 heavy (non-hydrogen) atoms. The summed E-state index contributed by atoms with van der Waals surface area (Å²) in [5.41, 5.74) is 5.87. The lowest BCUT2D eigenvalue weighted by molar-refractivity contribution is -0.118. The van der Waals surface area contributed by atoms with Crippen molar-refractivity contribution in [2.45, 2.75) is 0 Å². The van der Waals surface area contributed by atoms with Gasteiger partial charge in [-0.15, -0.1) is 10.2 Å². The number of nitrogens with zero attached hydrogens (tertiary/aromatic N) is 3. The van der Waals surface area contributed by atoms with Crippen LogP contribution in [0.15, 0.2) is 76.9 Å². The number of morpholine rings is 1. The molecule has 0 radical (unpaired) electrons. The van der Waals surface area contributed by atoms with Crippen molar-refractivity contribution in [3.8, 4) is 22.6 Å². The average molecular weight is 399 g/mol. The Labute approximate surface area is 174 Å². The summed E-state index contributed by atoms with van der Waals surface area (Å²) in [6.07, 6.45) is 1.56. The molecule has 0 aromatic heterocycles. The molecule has 150 valence electrons. The second-order valence-electron chi connectivity index (χ2n) is 7.14. The first-order valence-electron chi connectivity index (χ1n) is 9.93. The minimum absolute atomic E-state index is 0.0944. The molecule has 6 heteroatoms.